The minimum Gasteiger partial charge on any atom is -0.492 e. The van der Waals surface area contributed by atoms with Crippen molar-refractivity contribution in [3.05, 3.63) is 93.7 Å². The topological polar surface area (TPSA) is 42.4 Å². The minimum absolute atomic E-state index is 0.107. The van der Waals surface area contributed by atoms with E-state index in [0.717, 1.165) is 4.88 Å². The molecular formula is C20H16FNO2S. The molecule has 0 radical (unpaired) electrons. The zero-order valence-electron chi connectivity index (χ0n) is 13.3. The molecule has 0 spiro atoms. The summed E-state index contributed by atoms with van der Waals surface area (Å²) in [7, 11) is 0. The normalized spacial score (nSPS) is 18.2. The number of rotatable bonds is 4. The number of aliphatic hydroxyl groups excluding tert-OH is 1. The van der Waals surface area contributed by atoms with Crippen molar-refractivity contribution in [1.82, 2.24) is 4.98 Å². The molecule has 0 amide bonds. The first kappa shape index (κ1) is 16.0. The highest BCUT2D eigenvalue weighted by Crippen LogP contribution is 2.46. The minimum atomic E-state index is -0.905. The average Bonchev–Trinajstić information content (AvgIpc) is 3.31. The summed E-state index contributed by atoms with van der Waals surface area (Å²) >= 11 is 1.60. The van der Waals surface area contributed by atoms with Crippen LogP contribution in [0, 0.1) is 5.82 Å². The highest BCUT2D eigenvalue weighted by molar-refractivity contribution is 7.10. The molecule has 0 saturated heterocycles. The lowest BCUT2D eigenvalue weighted by Gasteiger charge is -2.18. The summed E-state index contributed by atoms with van der Waals surface area (Å²) in [6, 6.07) is 14.1. The second-order valence-electron chi connectivity index (χ2n) is 5.83. The SMILES string of the molecule is OC(C1=C(c2ccccc2F)OCC1c1cccs1)c1cccnc1. The van der Waals surface area contributed by atoms with E-state index in [0.29, 0.717) is 29.1 Å². The van der Waals surface area contributed by atoms with E-state index in [-0.39, 0.29) is 11.7 Å². The van der Waals surface area contributed by atoms with Gasteiger partial charge in [-0.3, -0.25) is 4.98 Å². The standard InChI is InChI=1S/C20H16FNO2S/c21-16-7-2-1-6-14(16)20-18(19(23)13-5-3-9-22-11-13)15(12-24-20)17-8-4-10-25-17/h1-11,15,19,23H,12H2. The third-order valence-corrected chi connectivity index (χ3v) is 5.32. The molecule has 0 saturated carbocycles. The molecule has 1 aliphatic heterocycles. The zero-order valence-corrected chi connectivity index (χ0v) is 14.1. The highest BCUT2D eigenvalue weighted by atomic mass is 32.1. The van der Waals surface area contributed by atoms with Crippen LogP contribution in [0.1, 0.15) is 28.0 Å². The Morgan fingerprint density at radius 3 is 2.76 bits per heavy atom. The molecular weight excluding hydrogens is 337 g/mol. The van der Waals surface area contributed by atoms with Crippen molar-refractivity contribution in [3.63, 3.8) is 0 Å². The Morgan fingerprint density at radius 2 is 2.04 bits per heavy atom. The van der Waals surface area contributed by atoms with Crippen LogP contribution in [0.3, 0.4) is 0 Å². The predicted molar refractivity (Wildman–Crippen MR) is 95.5 cm³/mol. The van der Waals surface area contributed by atoms with Crippen LogP contribution in [0.25, 0.3) is 5.76 Å². The predicted octanol–water partition coefficient (Wildman–Crippen LogP) is 4.54. The average molecular weight is 353 g/mol. The van der Waals surface area contributed by atoms with Gasteiger partial charge in [-0.2, -0.15) is 0 Å². The first-order chi connectivity index (χ1) is 12.3. The number of aliphatic hydroxyl groups is 1. The van der Waals surface area contributed by atoms with Crippen molar-refractivity contribution in [3.8, 4) is 0 Å². The molecule has 2 unspecified atom stereocenters. The van der Waals surface area contributed by atoms with E-state index in [1.807, 2.05) is 23.6 Å². The summed E-state index contributed by atoms with van der Waals surface area (Å²) in [5.41, 5.74) is 1.72. The second kappa shape index (κ2) is 6.78. The third kappa shape index (κ3) is 2.97. The summed E-state index contributed by atoms with van der Waals surface area (Å²) in [6.07, 6.45) is 2.38. The molecule has 126 valence electrons. The van der Waals surface area contributed by atoms with Crippen molar-refractivity contribution in [2.75, 3.05) is 6.61 Å². The fraction of sp³-hybridized carbons (Fsp3) is 0.150. The molecule has 0 fully saturated rings. The van der Waals surface area contributed by atoms with Gasteiger partial charge in [-0.05, 0) is 29.6 Å². The Kier molecular flexibility index (Phi) is 4.34. The Bertz CT molecular complexity index is 893. The van der Waals surface area contributed by atoms with Crippen LogP contribution in [0.4, 0.5) is 4.39 Å². The molecule has 25 heavy (non-hydrogen) atoms. The number of hydrogen-bond donors (Lipinski definition) is 1. The fourth-order valence-electron chi connectivity index (χ4n) is 3.13. The van der Waals surface area contributed by atoms with Gasteiger partial charge in [0.15, 0.2) is 0 Å². The number of benzene rings is 1. The smallest absolute Gasteiger partial charge is 0.134 e. The molecule has 4 rings (SSSR count). The van der Waals surface area contributed by atoms with Crippen molar-refractivity contribution in [2.24, 2.45) is 0 Å². The molecule has 3 heterocycles. The van der Waals surface area contributed by atoms with Crippen LogP contribution >= 0.6 is 11.3 Å². The molecule has 2 aromatic heterocycles. The van der Waals surface area contributed by atoms with E-state index < -0.39 is 6.10 Å². The van der Waals surface area contributed by atoms with Crippen LogP contribution in [-0.2, 0) is 4.74 Å². The van der Waals surface area contributed by atoms with E-state index >= 15 is 0 Å². The van der Waals surface area contributed by atoms with Gasteiger partial charge in [-0.1, -0.05) is 24.3 Å². The second-order valence-corrected chi connectivity index (χ2v) is 6.81. The number of thiophene rings is 1. The summed E-state index contributed by atoms with van der Waals surface area (Å²) in [4.78, 5) is 5.17. The van der Waals surface area contributed by atoms with E-state index in [9.17, 15) is 9.50 Å². The number of nitrogens with zero attached hydrogens (tertiary/aromatic N) is 1. The molecule has 0 aliphatic carbocycles. The van der Waals surface area contributed by atoms with Gasteiger partial charge in [0, 0.05) is 28.4 Å². The maximum absolute atomic E-state index is 14.3. The van der Waals surface area contributed by atoms with E-state index in [1.54, 1.807) is 48.0 Å². The van der Waals surface area contributed by atoms with Gasteiger partial charge in [0.25, 0.3) is 0 Å². The highest BCUT2D eigenvalue weighted by Gasteiger charge is 2.36. The molecule has 3 nitrogen and oxygen atoms in total. The molecule has 5 heteroatoms. The molecule has 1 N–H and O–H groups in total. The van der Waals surface area contributed by atoms with Crippen LogP contribution in [-0.4, -0.2) is 16.7 Å². The summed E-state index contributed by atoms with van der Waals surface area (Å²) in [5.74, 6) is -0.0436. The lowest BCUT2D eigenvalue weighted by Crippen LogP contribution is -2.10. The monoisotopic (exact) mass is 353 g/mol. The van der Waals surface area contributed by atoms with Crippen molar-refractivity contribution < 1.29 is 14.2 Å². The van der Waals surface area contributed by atoms with Crippen molar-refractivity contribution in [1.29, 1.82) is 0 Å². The molecule has 2 atom stereocenters. The first-order valence-corrected chi connectivity index (χ1v) is 8.87. The number of pyridine rings is 1. The van der Waals surface area contributed by atoms with Crippen LogP contribution in [0.2, 0.25) is 0 Å². The quantitative estimate of drug-likeness (QED) is 0.749. The number of ether oxygens (including phenoxy) is 1. The summed E-state index contributed by atoms with van der Waals surface area (Å²) < 4.78 is 20.2. The third-order valence-electron chi connectivity index (χ3n) is 4.33. The largest absolute Gasteiger partial charge is 0.492 e. The Morgan fingerprint density at radius 1 is 1.16 bits per heavy atom. The summed E-state index contributed by atoms with van der Waals surface area (Å²) in [6.45, 7) is 0.386. The van der Waals surface area contributed by atoms with Crippen molar-refractivity contribution >= 4 is 17.1 Å². The molecule has 0 bridgehead atoms. The van der Waals surface area contributed by atoms with Gasteiger partial charge in [-0.15, -0.1) is 11.3 Å². The zero-order chi connectivity index (χ0) is 17.2. The van der Waals surface area contributed by atoms with E-state index in [1.165, 1.54) is 6.07 Å². The van der Waals surface area contributed by atoms with Gasteiger partial charge in [0.05, 0.1) is 18.1 Å². The van der Waals surface area contributed by atoms with Crippen molar-refractivity contribution in [2.45, 2.75) is 12.0 Å². The van der Waals surface area contributed by atoms with Gasteiger partial charge < -0.3 is 9.84 Å². The van der Waals surface area contributed by atoms with E-state index in [4.69, 9.17) is 4.74 Å². The van der Waals surface area contributed by atoms with Gasteiger partial charge in [-0.25, -0.2) is 4.39 Å². The Balaban J connectivity index is 1.86. The summed E-state index contributed by atoms with van der Waals surface area (Å²) in [5, 5.41) is 13.0. The maximum Gasteiger partial charge on any atom is 0.134 e. The Labute approximate surface area is 149 Å². The fourth-order valence-corrected chi connectivity index (χ4v) is 3.96. The van der Waals surface area contributed by atoms with Crippen LogP contribution in [0.15, 0.2) is 71.9 Å². The van der Waals surface area contributed by atoms with Gasteiger partial charge in [0.1, 0.15) is 17.7 Å². The number of halogens is 1. The van der Waals surface area contributed by atoms with Gasteiger partial charge >= 0.3 is 0 Å². The Hall–Kier alpha value is -2.50. The number of hydrogen-bond acceptors (Lipinski definition) is 4. The first-order valence-electron chi connectivity index (χ1n) is 7.99. The molecule has 1 aromatic carbocycles. The lowest BCUT2D eigenvalue weighted by atomic mass is 9.89. The lowest BCUT2D eigenvalue weighted by molar-refractivity contribution is 0.209. The van der Waals surface area contributed by atoms with Crippen LogP contribution in [0.5, 0.6) is 0 Å². The number of aromatic nitrogens is 1. The van der Waals surface area contributed by atoms with Crippen LogP contribution < -0.4 is 0 Å². The maximum atomic E-state index is 14.3. The van der Waals surface area contributed by atoms with E-state index in [2.05, 4.69) is 4.98 Å². The molecule has 1 aliphatic rings. The molecule has 3 aromatic rings. The van der Waals surface area contributed by atoms with Gasteiger partial charge in [0.2, 0.25) is 0 Å².